The molecule has 5 N–H and O–H groups in total. The van der Waals surface area contributed by atoms with Gasteiger partial charge in [-0.25, -0.2) is 15.3 Å². The lowest BCUT2D eigenvalue weighted by molar-refractivity contribution is -0.342. The molecule has 9 unspecified atom stereocenters. The summed E-state index contributed by atoms with van der Waals surface area (Å²) in [6.07, 6.45) is 7.90. The van der Waals surface area contributed by atoms with Crippen molar-refractivity contribution < 1.29 is 44.3 Å². The first kappa shape index (κ1) is 40.1. The lowest BCUT2D eigenvalue weighted by Crippen LogP contribution is -2.54. The molecule has 4 fully saturated rings. The molecule has 4 rings (SSSR count). The molecule has 0 spiro atoms. The molecule has 0 radical (unpaired) electrons. The Morgan fingerprint density at radius 2 is 1.23 bits per heavy atom. The van der Waals surface area contributed by atoms with Gasteiger partial charge in [-0.15, -0.1) is 46.4 Å². The van der Waals surface area contributed by atoms with Crippen LogP contribution in [-0.4, -0.2) is 92.3 Å². The van der Waals surface area contributed by atoms with E-state index in [1.54, 1.807) is 0 Å². The lowest BCUT2D eigenvalue weighted by atomic mass is 9.68. The van der Waals surface area contributed by atoms with Gasteiger partial charge >= 0.3 is 11.9 Å². The molecule has 1 amide bonds. The average molecular weight is 763 g/mol. The van der Waals surface area contributed by atoms with Gasteiger partial charge in [0.25, 0.3) is 0 Å². The summed E-state index contributed by atoms with van der Waals surface area (Å²) in [5, 5.41) is 30.5. The lowest BCUT2D eigenvalue weighted by Gasteiger charge is -2.44. The van der Waals surface area contributed by atoms with Crippen molar-refractivity contribution in [1.82, 2.24) is 10.8 Å². The highest BCUT2D eigenvalue weighted by Gasteiger charge is 2.49. The van der Waals surface area contributed by atoms with Gasteiger partial charge in [-0.2, -0.15) is 0 Å². The highest BCUT2D eigenvalue weighted by Crippen LogP contribution is 2.43. The molecule has 0 heterocycles. The van der Waals surface area contributed by atoms with Crippen LogP contribution in [0.2, 0.25) is 0 Å². The zero-order valence-electron chi connectivity index (χ0n) is 27.7. The molecule has 4 aliphatic rings. The molecule has 0 aromatic rings. The maximum atomic E-state index is 13.1. The fourth-order valence-corrected chi connectivity index (χ4v) is 9.71. The second kappa shape index (κ2) is 18.2. The molecule has 4 saturated carbocycles. The Balaban J connectivity index is 1.14. The fraction of sp³-hybridized carbons (Fsp3) is 0.909. The summed E-state index contributed by atoms with van der Waals surface area (Å²) in [5.41, 5.74) is 2.08. The van der Waals surface area contributed by atoms with Crippen LogP contribution in [0, 0.1) is 35.0 Å². The Kier molecular flexibility index (Phi) is 15.2. The fourth-order valence-electron chi connectivity index (χ4n) is 8.08. The quantitative estimate of drug-likeness (QED) is 0.0811. The van der Waals surface area contributed by atoms with Gasteiger partial charge in [0.05, 0.1) is 43.2 Å². The minimum atomic E-state index is -1.09. The van der Waals surface area contributed by atoms with E-state index < -0.39 is 57.8 Å². The monoisotopic (exact) mass is 760 g/mol. The van der Waals surface area contributed by atoms with E-state index in [1.165, 1.54) is 0 Å². The zero-order chi connectivity index (χ0) is 35.2. The second-order valence-electron chi connectivity index (χ2n) is 15.1. The Labute approximate surface area is 303 Å². The first-order valence-electron chi connectivity index (χ1n) is 17.3. The molecule has 0 aromatic heterocycles. The maximum Gasteiger partial charge on any atom is 0.308 e. The number of amides is 1. The zero-order valence-corrected chi connectivity index (χ0v) is 30.7. The number of aliphatic carboxylic acids is 2. The summed E-state index contributed by atoms with van der Waals surface area (Å²) in [6.45, 7) is 4.89. The molecule has 9 atom stereocenters. The number of ether oxygens (including phenoxy) is 1. The number of carbonyl (C=O) groups is 3. The largest absolute Gasteiger partial charge is 0.481 e. The molecule has 15 heteroatoms. The number of carbonyl (C=O) groups excluding carboxylic acids is 1. The van der Waals surface area contributed by atoms with Crippen LogP contribution in [0.5, 0.6) is 0 Å². The van der Waals surface area contributed by atoms with Gasteiger partial charge < -0.3 is 25.5 Å². The van der Waals surface area contributed by atoms with Crippen molar-refractivity contribution in [2.75, 3.05) is 13.2 Å². The highest BCUT2D eigenvalue weighted by molar-refractivity contribution is 6.25. The molecule has 0 aliphatic heterocycles. The highest BCUT2D eigenvalue weighted by atomic mass is 35.5. The number of halogens is 4. The van der Waals surface area contributed by atoms with E-state index in [4.69, 9.17) is 60.9 Å². The Morgan fingerprint density at radius 1 is 0.708 bits per heavy atom. The summed E-state index contributed by atoms with van der Waals surface area (Å²) < 4.78 is 6.23. The number of alkyl halides is 4. The van der Waals surface area contributed by atoms with E-state index in [9.17, 15) is 29.8 Å². The summed E-state index contributed by atoms with van der Waals surface area (Å²) >= 11 is 25.7. The van der Waals surface area contributed by atoms with Crippen molar-refractivity contribution >= 4 is 64.2 Å². The molecular weight excluding hydrogens is 710 g/mol. The van der Waals surface area contributed by atoms with Crippen LogP contribution in [0.15, 0.2) is 0 Å². The third kappa shape index (κ3) is 10.5. The number of nitrogens with one attached hydrogen (secondary N) is 2. The predicted octanol–water partition coefficient (Wildman–Crippen LogP) is 5.96. The predicted molar refractivity (Wildman–Crippen MR) is 182 cm³/mol. The van der Waals surface area contributed by atoms with Crippen molar-refractivity contribution in [3.05, 3.63) is 0 Å². The van der Waals surface area contributed by atoms with Gasteiger partial charge in [-0.05, 0) is 83.0 Å². The van der Waals surface area contributed by atoms with Crippen molar-refractivity contribution in [3.63, 3.8) is 0 Å². The van der Waals surface area contributed by atoms with Crippen LogP contribution >= 0.6 is 46.4 Å². The number of carboxylic acid groups (broad SMARTS) is 2. The van der Waals surface area contributed by atoms with Crippen molar-refractivity contribution in [1.29, 1.82) is 0 Å². The van der Waals surface area contributed by atoms with Crippen LogP contribution in [0.25, 0.3) is 0 Å². The van der Waals surface area contributed by atoms with Gasteiger partial charge in [0, 0.05) is 44.9 Å². The van der Waals surface area contributed by atoms with E-state index in [2.05, 4.69) is 10.8 Å². The SMILES string of the molecule is CC(C)(COOC1CCC(C(NO)C2C(Cl)CCC(Cl)C2C(=O)O)CC1)COC1CCC(NC(=O)C2C(Cl)CCC(Cl)C2C(=O)O)CC1. The van der Waals surface area contributed by atoms with Crippen LogP contribution in [0.1, 0.15) is 90.9 Å². The summed E-state index contributed by atoms with van der Waals surface area (Å²) in [4.78, 5) is 48.3. The van der Waals surface area contributed by atoms with Gasteiger partial charge in [0.15, 0.2) is 0 Å². The first-order valence-corrected chi connectivity index (χ1v) is 19.1. The Bertz CT molecular complexity index is 1070. The molecule has 0 bridgehead atoms. The number of rotatable bonds is 14. The normalized spacial score (nSPS) is 38.6. The van der Waals surface area contributed by atoms with E-state index in [0.717, 1.165) is 38.5 Å². The molecular formula is C33H52Cl4N2O9. The standard InChI is InChI=1S/C33H52Cl4N2O9/c1-33(2,15-46-19-9-5-18(6-10-19)38-30(40)26-22(35)12-14-24(37)28(26)32(43)44)16-47-48-20-7-3-17(4-8-20)29(39-45)25-21(34)11-13-23(36)27(25)31(41)42/h17-29,39,45H,3-16H2,1-2H3,(H,38,40)(H,41,42)(H,43,44). The van der Waals surface area contributed by atoms with Crippen molar-refractivity contribution in [3.8, 4) is 0 Å². The van der Waals surface area contributed by atoms with E-state index in [-0.39, 0.29) is 40.9 Å². The average Bonchev–Trinajstić information content (AvgIpc) is 3.04. The van der Waals surface area contributed by atoms with Crippen LogP contribution < -0.4 is 10.8 Å². The van der Waals surface area contributed by atoms with Gasteiger partial charge in [0.2, 0.25) is 5.91 Å². The number of carboxylic acids is 2. The van der Waals surface area contributed by atoms with E-state index in [1.807, 2.05) is 13.8 Å². The van der Waals surface area contributed by atoms with Crippen molar-refractivity contribution in [2.45, 2.75) is 137 Å². The molecule has 48 heavy (non-hydrogen) atoms. The maximum absolute atomic E-state index is 13.1. The summed E-state index contributed by atoms with van der Waals surface area (Å²) in [7, 11) is 0. The van der Waals surface area contributed by atoms with Crippen LogP contribution in [0.4, 0.5) is 0 Å². The third-order valence-electron chi connectivity index (χ3n) is 10.9. The minimum Gasteiger partial charge on any atom is -0.481 e. The molecule has 0 saturated heterocycles. The van der Waals surface area contributed by atoms with Crippen LogP contribution in [0.3, 0.4) is 0 Å². The Hall–Kier alpha value is -0.630. The molecule has 276 valence electrons. The van der Waals surface area contributed by atoms with E-state index >= 15 is 0 Å². The van der Waals surface area contributed by atoms with Gasteiger partial charge in [-0.3, -0.25) is 14.4 Å². The summed E-state index contributed by atoms with van der Waals surface area (Å²) in [5.74, 6) is -5.54. The number of hydroxylamine groups is 1. The number of hydrogen-bond donors (Lipinski definition) is 5. The smallest absolute Gasteiger partial charge is 0.308 e. The minimum absolute atomic E-state index is 0.0299. The van der Waals surface area contributed by atoms with Crippen LogP contribution in [-0.2, 0) is 28.9 Å². The second-order valence-corrected chi connectivity index (χ2v) is 17.3. The topological polar surface area (TPSA) is 164 Å². The third-order valence-corrected chi connectivity index (χ3v) is 12.9. The molecule has 4 aliphatic carbocycles. The van der Waals surface area contributed by atoms with Gasteiger partial charge in [-0.1, -0.05) is 13.8 Å². The first-order chi connectivity index (χ1) is 22.7. The molecule has 0 aromatic carbocycles. The Morgan fingerprint density at radius 3 is 1.79 bits per heavy atom. The summed E-state index contributed by atoms with van der Waals surface area (Å²) in [6, 6.07) is -0.540. The van der Waals surface area contributed by atoms with Crippen molar-refractivity contribution in [2.24, 2.45) is 35.0 Å². The number of hydrogen-bond acceptors (Lipinski definition) is 8. The van der Waals surface area contributed by atoms with Gasteiger partial charge in [0.1, 0.15) is 0 Å². The van der Waals surface area contributed by atoms with E-state index in [0.29, 0.717) is 51.7 Å². The molecule has 11 nitrogen and oxygen atoms in total.